The van der Waals surface area contributed by atoms with E-state index in [0.29, 0.717) is 10.5 Å². The summed E-state index contributed by atoms with van der Waals surface area (Å²) in [6, 6.07) is 11.8. The first kappa shape index (κ1) is 21.6. The summed E-state index contributed by atoms with van der Waals surface area (Å²) >= 11 is 0. The molecule has 5 nitrogen and oxygen atoms in total. The quantitative estimate of drug-likeness (QED) is 0.698. The highest BCUT2D eigenvalue weighted by Crippen LogP contribution is 2.29. The lowest BCUT2D eigenvalue weighted by Gasteiger charge is -2.15. The molecule has 0 bridgehead atoms. The fourth-order valence-electron chi connectivity index (χ4n) is 2.44. The van der Waals surface area contributed by atoms with Crippen LogP contribution in [0.1, 0.15) is 17.5 Å². The van der Waals surface area contributed by atoms with E-state index in [1.54, 1.807) is 30.3 Å². The monoisotopic (exact) mass is 412 g/mol. The molecule has 0 saturated carbocycles. The second-order valence-electron chi connectivity index (χ2n) is 6.05. The number of alkyl halides is 3. The van der Waals surface area contributed by atoms with Crippen LogP contribution in [0.2, 0.25) is 0 Å². The Morgan fingerprint density at radius 2 is 1.64 bits per heavy atom. The molecule has 3 N–H and O–H groups in total. The molecule has 0 unspecified atom stereocenters. The van der Waals surface area contributed by atoms with Gasteiger partial charge in [-0.15, -0.1) is 0 Å². The van der Waals surface area contributed by atoms with E-state index >= 15 is 0 Å². The SMILES string of the molecule is NC(=O)[C@H](CC[S@](=O)c1ccccc1)NC(=O)Cc1ccc(C(F)(F)F)cc1. The Morgan fingerprint density at radius 1 is 1.04 bits per heavy atom. The minimum atomic E-state index is -4.45. The van der Waals surface area contributed by atoms with Gasteiger partial charge in [-0.25, -0.2) is 0 Å². The summed E-state index contributed by atoms with van der Waals surface area (Å²) in [4.78, 5) is 24.3. The number of carbonyl (C=O) groups is 2. The second-order valence-corrected chi connectivity index (χ2v) is 7.62. The van der Waals surface area contributed by atoms with Gasteiger partial charge in [0.2, 0.25) is 11.8 Å². The molecule has 2 aromatic rings. The average Bonchev–Trinajstić information content (AvgIpc) is 2.65. The van der Waals surface area contributed by atoms with Crippen molar-refractivity contribution in [3.8, 4) is 0 Å². The minimum Gasteiger partial charge on any atom is -0.368 e. The lowest BCUT2D eigenvalue weighted by molar-refractivity contribution is -0.137. The number of nitrogens with one attached hydrogen (secondary N) is 1. The van der Waals surface area contributed by atoms with Crippen molar-refractivity contribution in [1.82, 2.24) is 5.32 Å². The summed E-state index contributed by atoms with van der Waals surface area (Å²) in [5, 5.41) is 2.45. The highest BCUT2D eigenvalue weighted by atomic mass is 32.2. The predicted molar refractivity (Wildman–Crippen MR) is 98.6 cm³/mol. The molecule has 0 aliphatic heterocycles. The van der Waals surface area contributed by atoms with Crippen LogP contribution in [-0.2, 0) is 33.0 Å². The predicted octanol–water partition coefficient (Wildman–Crippen LogP) is 2.42. The van der Waals surface area contributed by atoms with Crippen LogP contribution >= 0.6 is 0 Å². The van der Waals surface area contributed by atoms with Gasteiger partial charge in [0.1, 0.15) is 6.04 Å². The first-order valence-corrected chi connectivity index (χ1v) is 9.67. The van der Waals surface area contributed by atoms with Gasteiger partial charge in [0.25, 0.3) is 0 Å². The van der Waals surface area contributed by atoms with E-state index in [4.69, 9.17) is 5.73 Å². The van der Waals surface area contributed by atoms with Crippen molar-refractivity contribution in [3.63, 3.8) is 0 Å². The van der Waals surface area contributed by atoms with Crippen molar-refractivity contribution >= 4 is 22.6 Å². The fraction of sp³-hybridized carbons (Fsp3) is 0.263. The zero-order valence-electron chi connectivity index (χ0n) is 14.7. The van der Waals surface area contributed by atoms with Crippen LogP contribution in [0, 0.1) is 0 Å². The summed E-state index contributed by atoms with van der Waals surface area (Å²) in [6.45, 7) is 0. The molecule has 0 aromatic heterocycles. The Hall–Kier alpha value is -2.68. The first-order chi connectivity index (χ1) is 13.2. The van der Waals surface area contributed by atoms with Crippen LogP contribution in [0.4, 0.5) is 13.2 Å². The maximum atomic E-state index is 12.6. The van der Waals surface area contributed by atoms with E-state index < -0.39 is 40.4 Å². The summed E-state index contributed by atoms with van der Waals surface area (Å²) < 4.78 is 49.9. The number of primary amides is 1. The molecule has 2 rings (SSSR count). The van der Waals surface area contributed by atoms with Gasteiger partial charge in [-0.05, 0) is 36.2 Å². The highest BCUT2D eigenvalue weighted by molar-refractivity contribution is 7.85. The van der Waals surface area contributed by atoms with Crippen molar-refractivity contribution < 1.29 is 27.0 Å². The molecule has 0 radical (unpaired) electrons. The zero-order chi connectivity index (χ0) is 20.7. The van der Waals surface area contributed by atoms with E-state index in [1.165, 1.54) is 12.1 Å². The molecule has 9 heteroatoms. The lowest BCUT2D eigenvalue weighted by Crippen LogP contribution is -2.45. The fourth-order valence-corrected chi connectivity index (χ4v) is 3.59. The molecule has 150 valence electrons. The Balaban J connectivity index is 1.91. The maximum Gasteiger partial charge on any atom is 0.416 e. The molecule has 0 fully saturated rings. The Kier molecular flexibility index (Phi) is 7.33. The molecule has 0 aliphatic carbocycles. The third-order valence-corrected chi connectivity index (χ3v) is 5.33. The number of amides is 2. The normalized spacial score (nSPS) is 13.5. The third-order valence-electron chi connectivity index (χ3n) is 3.92. The van der Waals surface area contributed by atoms with Crippen molar-refractivity contribution in [1.29, 1.82) is 0 Å². The van der Waals surface area contributed by atoms with Crippen LogP contribution in [0.25, 0.3) is 0 Å². The van der Waals surface area contributed by atoms with Crippen LogP contribution in [-0.4, -0.2) is 27.8 Å². The van der Waals surface area contributed by atoms with Gasteiger partial charge in [0.05, 0.1) is 22.8 Å². The van der Waals surface area contributed by atoms with Crippen molar-refractivity contribution in [2.45, 2.75) is 30.0 Å². The molecule has 0 aliphatic rings. The van der Waals surface area contributed by atoms with E-state index in [9.17, 15) is 27.0 Å². The summed E-state index contributed by atoms with van der Waals surface area (Å²) in [5.74, 6) is -1.21. The number of hydrogen-bond acceptors (Lipinski definition) is 3. The molecule has 2 amide bonds. The molecule has 0 spiro atoms. The molecule has 0 saturated heterocycles. The van der Waals surface area contributed by atoms with Crippen LogP contribution in [0.15, 0.2) is 59.5 Å². The van der Waals surface area contributed by atoms with Crippen LogP contribution < -0.4 is 11.1 Å². The number of carbonyl (C=O) groups excluding carboxylic acids is 2. The Morgan fingerprint density at radius 3 is 2.18 bits per heavy atom. The van der Waals surface area contributed by atoms with Gasteiger partial charge in [-0.2, -0.15) is 13.2 Å². The number of hydrogen-bond donors (Lipinski definition) is 2. The standard InChI is InChI=1S/C19H19F3N2O3S/c20-19(21,22)14-8-6-13(7-9-14)12-17(25)24-16(18(23)26)10-11-28(27)15-4-2-1-3-5-15/h1-9,16H,10-12H2,(H2,23,26)(H,24,25)/t16-,28-/m0/s1. The highest BCUT2D eigenvalue weighted by Gasteiger charge is 2.30. The molecular formula is C19H19F3N2O3S. The average molecular weight is 412 g/mol. The molecule has 2 aromatic carbocycles. The number of benzene rings is 2. The number of rotatable bonds is 8. The van der Waals surface area contributed by atoms with Gasteiger partial charge in [-0.1, -0.05) is 30.3 Å². The maximum absolute atomic E-state index is 12.6. The van der Waals surface area contributed by atoms with Gasteiger partial charge in [-0.3, -0.25) is 13.8 Å². The lowest BCUT2D eigenvalue weighted by atomic mass is 10.1. The smallest absolute Gasteiger partial charge is 0.368 e. The molecule has 0 heterocycles. The van der Waals surface area contributed by atoms with Gasteiger partial charge in [0, 0.05) is 10.6 Å². The molecular weight excluding hydrogens is 393 g/mol. The summed E-state index contributed by atoms with van der Waals surface area (Å²) in [6.07, 6.45) is -4.58. The van der Waals surface area contributed by atoms with Gasteiger partial charge < -0.3 is 11.1 Å². The largest absolute Gasteiger partial charge is 0.416 e. The number of halogens is 3. The van der Waals surface area contributed by atoms with Crippen molar-refractivity contribution in [2.24, 2.45) is 5.73 Å². The topological polar surface area (TPSA) is 89.3 Å². The third kappa shape index (κ3) is 6.49. The minimum absolute atomic E-state index is 0.0790. The van der Waals surface area contributed by atoms with Gasteiger partial charge >= 0.3 is 6.18 Å². The Bertz CT molecular complexity index is 840. The summed E-state index contributed by atoms with van der Waals surface area (Å²) in [7, 11) is -1.35. The van der Waals surface area contributed by atoms with Crippen molar-refractivity contribution in [3.05, 3.63) is 65.7 Å². The molecule has 28 heavy (non-hydrogen) atoms. The van der Waals surface area contributed by atoms with E-state index in [2.05, 4.69) is 5.32 Å². The van der Waals surface area contributed by atoms with Gasteiger partial charge in [0.15, 0.2) is 0 Å². The number of nitrogens with two attached hydrogens (primary N) is 1. The summed E-state index contributed by atoms with van der Waals surface area (Å²) in [5.41, 5.74) is 4.85. The Labute approximate surface area is 162 Å². The van der Waals surface area contributed by atoms with Crippen LogP contribution in [0.3, 0.4) is 0 Å². The van der Waals surface area contributed by atoms with E-state index in [-0.39, 0.29) is 18.6 Å². The van der Waals surface area contributed by atoms with E-state index in [1.807, 2.05) is 0 Å². The van der Waals surface area contributed by atoms with Crippen molar-refractivity contribution in [2.75, 3.05) is 5.75 Å². The molecule has 2 atom stereocenters. The zero-order valence-corrected chi connectivity index (χ0v) is 15.6. The first-order valence-electron chi connectivity index (χ1n) is 8.35. The van der Waals surface area contributed by atoms with E-state index in [0.717, 1.165) is 12.1 Å². The van der Waals surface area contributed by atoms with Crippen LogP contribution in [0.5, 0.6) is 0 Å². The second kappa shape index (κ2) is 9.50.